The van der Waals surface area contributed by atoms with Crippen molar-refractivity contribution >= 4 is 38.0 Å². The summed E-state index contributed by atoms with van der Waals surface area (Å²) in [6.07, 6.45) is 0. The highest BCUT2D eigenvalue weighted by atomic mass is 32.1. The first-order chi connectivity index (χ1) is 18.7. The zero-order valence-corrected chi connectivity index (χ0v) is 21.7. The summed E-state index contributed by atoms with van der Waals surface area (Å²) < 4.78 is 3.59. The summed E-state index contributed by atoms with van der Waals surface area (Å²) in [6, 6.07) is 42.1. The van der Waals surface area contributed by atoms with Crippen LogP contribution in [-0.2, 0) is 0 Å². The van der Waals surface area contributed by atoms with Crippen LogP contribution in [0.3, 0.4) is 0 Å². The molecule has 0 saturated heterocycles. The van der Waals surface area contributed by atoms with Crippen molar-refractivity contribution in [1.29, 1.82) is 0 Å². The second kappa shape index (κ2) is 9.02. The van der Waals surface area contributed by atoms with Gasteiger partial charge in [0.25, 0.3) is 0 Å². The third-order valence-electron chi connectivity index (χ3n) is 7.18. The molecular formula is C34H25N3S. The molecule has 182 valence electrons. The van der Waals surface area contributed by atoms with Crippen molar-refractivity contribution in [2.45, 2.75) is 6.92 Å². The number of anilines is 1. The van der Waals surface area contributed by atoms with Gasteiger partial charge in [0.1, 0.15) is 0 Å². The topological polar surface area (TPSA) is 43.8 Å². The molecule has 0 saturated carbocycles. The van der Waals surface area contributed by atoms with Crippen molar-refractivity contribution in [3.8, 4) is 38.8 Å². The van der Waals surface area contributed by atoms with Gasteiger partial charge in [-0.05, 0) is 42.1 Å². The quantitative estimate of drug-likeness (QED) is 0.258. The van der Waals surface area contributed by atoms with E-state index in [0.717, 1.165) is 50.5 Å². The maximum Gasteiger partial charge on any atom is 0.0875 e. The lowest BCUT2D eigenvalue weighted by molar-refractivity contribution is 1.12. The van der Waals surface area contributed by atoms with Gasteiger partial charge in [-0.2, -0.15) is 0 Å². The van der Waals surface area contributed by atoms with Crippen molar-refractivity contribution < 1.29 is 0 Å². The van der Waals surface area contributed by atoms with Crippen molar-refractivity contribution in [3.05, 3.63) is 127 Å². The van der Waals surface area contributed by atoms with E-state index in [9.17, 15) is 0 Å². The van der Waals surface area contributed by atoms with E-state index >= 15 is 0 Å². The fourth-order valence-electron chi connectivity index (χ4n) is 5.32. The van der Waals surface area contributed by atoms with Gasteiger partial charge < -0.3 is 10.3 Å². The van der Waals surface area contributed by atoms with Gasteiger partial charge in [0.05, 0.1) is 38.9 Å². The smallest absolute Gasteiger partial charge is 0.0875 e. The van der Waals surface area contributed by atoms with E-state index in [4.69, 9.17) is 10.7 Å². The Morgan fingerprint density at radius 1 is 0.658 bits per heavy atom. The van der Waals surface area contributed by atoms with Gasteiger partial charge in [-0.1, -0.05) is 97.1 Å². The predicted octanol–water partition coefficient (Wildman–Crippen LogP) is 9.13. The lowest BCUT2D eigenvalue weighted by Crippen LogP contribution is -2.01. The highest BCUT2D eigenvalue weighted by molar-refractivity contribution is 7.22. The van der Waals surface area contributed by atoms with Gasteiger partial charge in [0, 0.05) is 21.2 Å². The van der Waals surface area contributed by atoms with Gasteiger partial charge in [-0.15, -0.1) is 11.3 Å². The molecule has 4 aromatic carbocycles. The molecule has 0 aliphatic carbocycles. The summed E-state index contributed by atoms with van der Waals surface area (Å²) in [7, 11) is 0. The van der Waals surface area contributed by atoms with Crippen molar-refractivity contribution in [1.82, 2.24) is 9.55 Å². The standard InChI is InChI=1S/C34H25N3S/c1-22-26-16-9-11-19-31(26)38-34(22)33-32(35)27-17-8-10-18-30(27)37(33)25-20-28(23-12-4-2-5-13-23)36-29(21-25)24-14-6-3-7-15-24/h2-21H,35H2,1H3. The molecular weight excluding hydrogens is 482 g/mol. The number of thiophene rings is 1. The number of hydrogen-bond acceptors (Lipinski definition) is 3. The SMILES string of the molecule is Cc1c(-c2c(N)c3ccccc3n2-c2cc(-c3ccccc3)nc(-c3ccccc3)c2)sc2ccccc12. The summed E-state index contributed by atoms with van der Waals surface area (Å²) in [5, 5.41) is 2.33. The number of nitrogens with two attached hydrogens (primary N) is 1. The average Bonchev–Trinajstić information content (AvgIpc) is 3.47. The number of benzene rings is 4. The Bertz CT molecular complexity index is 1870. The van der Waals surface area contributed by atoms with E-state index in [1.165, 1.54) is 20.5 Å². The monoisotopic (exact) mass is 507 g/mol. The van der Waals surface area contributed by atoms with Gasteiger partial charge in [0.15, 0.2) is 0 Å². The largest absolute Gasteiger partial charge is 0.396 e. The molecule has 0 bridgehead atoms. The highest BCUT2D eigenvalue weighted by Gasteiger charge is 2.23. The Hall–Kier alpha value is -4.67. The Morgan fingerprint density at radius 3 is 1.84 bits per heavy atom. The van der Waals surface area contributed by atoms with E-state index in [1.807, 2.05) is 12.1 Å². The molecule has 7 aromatic rings. The molecule has 0 spiro atoms. The summed E-state index contributed by atoms with van der Waals surface area (Å²) in [6.45, 7) is 2.20. The number of nitrogens with zero attached hydrogens (tertiary/aromatic N) is 2. The van der Waals surface area contributed by atoms with Crippen molar-refractivity contribution in [2.75, 3.05) is 5.73 Å². The number of fused-ring (bicyclic) bond motifs is 2. The van der Waals surface area contributed by atoms with E-state index < -0.39 is 0 Å². The van der Waals surface area contributed by atoms with Crippen LogP contribution in [0.1, 0.15) is 5.56 Å². The Morgan fingerprint density at radius 2 is 1.21 bits per heavy atom. The second-order valence-electron chi connectivity index (χ2n) is 9.50. The van der Waals surface area contributed by atoms with Crippen LogP contribution in [0.25, 0.3) is 59.8 Å². The lowest BCUT2D eigenvalue weighted by Gasteiger charge is -2.15. The van der Waals surface area contributed by atoms with Gasteiger partial charge in [-0.3, -0.25) is 0 Å². The van der Waals surface area contributed by atoms with E-state index in [-0.39, 0.29) is 0 Å². The Kier molecular flexibility index (Phi) is 5.34. The van der Waals surface area contributed by atoms with E-state index in [0.29, 0.717) is 0 Å². The van der Waals surface area contributed by atoms with Crippen LogP contribution in [0.2, 0.25) is 0 Å². The van der Waals surface area contributed by atoms with E-state index in [2.05, 4.69) is 121 Å². The number of nitrogen functional groups attached to an aromatic ring is 1. The van der Waals surface area contributed by atoms with E-state index in [1.54, 1.807) is 11.3 Å². The number of para-hydroxylation sites is 1. The molecule has 0 amide bonds. The first kappa shape index (κ1) is 22.5. The number of aryl methyl sites for hydroxylation is 1. The van der Waals surface area contributed by atoms with Crippen LogP contribution in [-0.4, -0.2) is 9.55 Å². The van der Waals surface area contributed by atoms with Crippen LogP contribution >= 0.6 is 11.3 Å². The maximum absolute atomic E-state index is 6.97. The third kappa shape index (κ3) is 3.61. The molecule has 3 heterocycles. The first-order valence-corrected chi connectivity index (χ1v) is 13.5. The van der Waals surface area contributed by atoms with Crippen LogP contribution in [0.4, 0.5) is 5.69 Å². The van der Waals surface area contributed by atoms with Crippen LogP contribution in [0.15, 0.2) is 121 Å². The molecule has 2 N–H and O–H groups in total. The summed E-state index contributed by atoms with van der Waals surface area (Å²) in [4.78, 5) is 6.29. The summed E-state index contributed by atoms with van der Waals surface area (Å²) >= 11 is 1.80. The molecule has 0 atom stereocenters. The summed E-state index contributed by atoms with van der Waals surface area (Å²) in [5.41, 5.74) is 16.2. The molecule has 0 aliphatic heterocycles. The molecule has 7 rings (SSSR count). The molecule has 0 radical (unpaired) electrons. The predicted molar refractivity (Wildman–Crippen MR) is 162 cm³/mol. The maximum atomic E-state index is 6.97. The average molecular weight is 508 g/mol. The van der Waals surface area contributed by atoms with Crippen LogP contribution < -0.4 is 5.73 Å². The number of rotatable bonds is 4. The highest BCUT2D eigenvalue weighted by Crippen LogP contribution is 2.46. The number of aromatic nitrogens is 2. The zero-order chi connectivity index (χ0) is 25.6. The minimum absolute atomic E-state index is 0.801. The lowest BCUT2D eigenvalue weighted by atomic mass is 10.1. The molecule has 0 unspecified atom stereocenters. The fourth-order valence-corrected chi connectivity index (χ4v) is 6.57. The second-order valence-corrected chi connectivity index (χ2v) is 10.5. The molecule has 3 nitrogen and oxygen atoms in total. The third-order valence-corrected chi connectivity index (χ3v) is 8.46. The summed E-state index contributed by atoms with van der Waals surface area (Å²) in [5.74, 6) is 0. The minimum atomic E-state index is 0.801. The number of pyridine rings is 1. The van der Waals surface area contributed by atoms with Gasteiger partial charge in [-0.25, -0.2) is 4.98 Å². The van der Waals surface area contributed by atoms with Gasteiger partial charge >= 0.3 is 0 Å². The Labute approximate surface area is 225 Å². The molecule has 4 heteroatoms. The molecule has 3 aromatic heterocycles. The zero-order valence-electron chi connectivity index (χ0n) is 20.9. The van der Waals surface area contributed by atoms with Crippen molar-refractivity contribution in [3.63, 3.8) is 0 Å². The minimum Gasteiger partial charge on any atom is -0.396 e. The fraction of sp³-hybridized carbons (Fsp3) is 0.0294. The van der Waals surface area contributed by atoms with Gasteiger partial charge in [0.2, 0.25) is 0 Å². The Balaban J connectivity index is 1.57. The molecule has 0 fully saturated rings. The first-order valence-electron chi connectivity index (χ1n) is 12.7. The molecule has 38 heavy (non-hydrogen) atoms. The van der Waals surface area contributed by atoms with Crippen molar-refractivity contribution in [2.24, 2.45) is 0 Å². The van der Waals surface area contributed by atoms with Crippen LogP contribution in [0, 0.1) is 6.92 Å². The van der Waals surface area contributed by atoms with Crippen LogP contribution in [0.5, 0.6) is 0 Å². The molecule has 0 aliphatic rings. The number of hydrogen-bond donors (Lipinski definition) is 1. The normalized spacial score (nSPS) is 11.4.